The Morgan fingerprint density at radius 1 is 1.50 bits per heavy atom. The van der Waals surface area contributed by atoms with E-state index in [0.717, 1.165) is 13.2 Å². The summed E-state index contributed by atoms with van der Waals surface area (Å²) in [5.74, 6) is 0. The molecule has 0 aliphatic heterocycles. The van der Waals surface area contributed by atoms with Gasteiger partial charge in [0.05, 0.1) is 6.61 Å². The number of hydrogen-bond acceptors (Lipinski definition) is 3. The van der Waals surface area contributed by atoms with E-state index in [0.29, 0.717) is 6.04 Å². The van der Waals surface area contributed by atoms with Gasteiger partial charge in [-0.15, -0.1) is 11.3 Å². The second kappa shape index (κ2) is 8.74. The van der Waals surface area contributed by atoms with E-state index in [2.05, 4.69) is 29.8 Å². The maximum Gasteiger partial charge on any atom is 0.0615 e. The molecule has 0 amide bonds. The molecule has 16 heavy (non-hydrogen) atoms. The Bertz CT molecular complexity index is 248. The van der Waals surface area contributed by atoms with Crippen molar-refractivity contribution < 1.29 is 4.74 Å². The smallest absolute Gasteiger partial charge is 0.0615 e. The largest absolute Gasteiger partial charge is 0.383 e. The molecule has 0 bridgehead atoms. The van der Waals surface area contributed by atoms with Crippen LogP contribution in [0.5, 0.6) is 0 Å². The van der Waals surface area contributed by atoms with Crippen LogP contribution in [0.3, 0.4) is 0 Å². The lowest BCUT2D eigenvalue weighted by Gasteiger charge is -2.17. The summed E-state index contributed by atoms with van der Waals surface area (Å²) in [6, 6.07) is 4.86. The van der Waals surface area contributed by atoms with Crippen molar-refractivity contribution in [1.82, 2.24) is 5.32 Å². The van der Waals surface area contributed by atoms with Crippen molar-refractivity contribution in [3.8, 4) is 0 Å². The summed E-state index contributed by atoms with van der Waals surface area (Å²) in [4.78, 5) is 1.49. The van der Waals surface area contributed by atoms with Crippen molar-refractivity contribution in [3.05, 3.63) is 22.4 Å². The summed E-state index contributed by atoms with van der Waals surface area (Å²) < 4.78 is 5.23. The first-order chi connectivity index (χ1) is 7.86. The fourth-order valence-electron chi connectivity index (χ4n) is 1.77. The molecule has 2 nitrogen and oxygen atoms in total. The van der Waals surface area contributed by atoms with Crippen LogP contribution < -0.4 is 5.32 Å². The highest BCUT2D eigenvalue weighted by molar-refractivity contribution is 7.09. The van der Waals surface area contributed by atoms with Gasteiger partial charge < -0.3 is 10.1 Å². The van der Waals surface area contributed by atoms with Crippen LogP contribution in [0, 0.1) is 0 Å². The van der Waals surface area contributed by atoms with Gasteiger partial charge in [-0.1, -0.05) is 13.0 Å². The molecule has 0 saturated carbocycles. The molecule has 1 aromatic heterocycles. The molecule has 0 aliphatic rings. The molecule has 0 spiro atoms. The van der Waals surface area contributed by atoms with Crippen LogP contribution in [0.15, 0.2) is 17.5 Å². The van der Waals surface area contributed by atoms with E-state index in [1.54, 1.807) is 7.11 Å². The molecule has 1 atom stereocenters. The van der Waals surface area contributed by atoms with Crippen LogP contribution in [0.1, 0.15) is 31.1 Å². The average molecular weight is 241 g/mol. The average Bonchev–Trinajstić information content (AvgIpc) is 2.79. The number of aryl methyl sites for hydroxylation is 1. The zero-order valence-corrected chi connectivity index (χ0v) is 11.2. The Balaban J connectivity index is 2.15. The van der Waals surface area contributed by atoms with Crippen LogP contribution in [-0.4, -0.2) is 26.3 Å². The summed E-state index contributed by atoms with van der Waals surface area (Å²) in [5.41, 5.74) is 0. The highest BCUT2D eigenvalue weighted by atomic mass is 32.1. The van der Waals surface area contributed by atoms with Crippen LogP contribution in [0.2, 0.25) is 0 Å². The Morgan fingerprint density at radius 2 is 2.38 bits per heavy atom. The number of nitrogens with one attached hydrogen (secondary N) is 1. The Morgan fingerprint density at radius 3 is 3.00 bits per heavy atom. The zero-order chi connectivity index (χ0) is 11.6. The van der Waals surface area contributed by atoms with Crippen LogP contribution in [-0.2, 0) is 11.2 Å². The molecule has 0 aliphatic carbocycles. The summed E-state index contributed by atoms with van der Waals surface area (Å²) in [5, 5.41) is 5.68. The molecule has 1 unspecified atom stereocenters. The first kappa shape index (κ1) is 13.7. The minimum Gasteiger partial charge on any atom is -0.383 e. The minimum absolute atomic E-state index is 0.518. The monoisotopic (exact) mass is 241 g/mol. The van der Waals surface area contributed by atoms with Gasteiger partial charge in [-0.25, -0.2) is 0 Å². The molecule has 0 aromatic carbocycles. The second-order valence-electron chi connectivity index (χ2n) is 4.08. The lowest BCUT2D eigenvalue weighted by Crippen LogP contribution is -2.33. The normalized spacial score (nSPS) is 12.9. The quantitative estimate of drug-likeness (QED) is 0.717. The Labute approximate surface area is 103 Å². The van der Waals surface area contributed by atoms with Crippen LogP contribution in [0.25, 0.3) is 0 Å². The summed E-state index contributed by atoms with van der Waals surface area (Å²) in [6.07, 6.45) is 4.83. The molecule has 92 valence electrons. The summed E-state index contributed by atoms with van der Waals surface area (Å²) in [7, 11) is 1.78. The van der Waals surface area contributed by atoms with Gasteiger partial charge in [0.15, 0.2) is 0 Å². The third kappa shape index (κ3) is 5.64. The standard InChI is InChI=1S/C13H23NOS/c1-3-9-14-12(11-15-2)6-4-7-13-8-5-10-16-13/h5,8,10,12,14H,3-4,6-7,9,11H2,1-2H3. The van der Waals surface area contributed by atoms with Crippen molar-refractivity contribution >= 4 is 11.3 Å². The van der Waals surface area contributed by atoms with E-state index in [9.17, 15) is 0 Å². The van der Waals surface area contributed by atoms with Gasteiger partial charge >= 0.3 is 0 Å². The van der Waals surface area contributed by atoms with Crippen molar-refractivity contribution in [1.29, 1.82) is 0 Å². The lowest BCUT2D eigenvalue weighted by molar-refractivity contribution is 0.161. The number of hydrogen-bond donors (Lipinski definition) is 1. The molecule has 0 radical (unpaired) electrons. The fourth-order valence-corrected chi connectivity index (χ4v) is 2.52. The lowest BCUT2D eigenvalue weighted by atomic mass is 10.1. The molecule has 1 heterocycles. The van der Waals surface area contributed by atoms with Gasteiger partial charge in [-0.3, -0.25) is 0 Å². The molecular weight excluding hydrogens is 218 g/mol. The van der Waals surface area contributed by atoms with Crippen molar-refractivity contribution in [2.24, 2.45) is 0 Å². The molecule has 0 fully saturated rings. The van der Waals surface area contributed by atoms with E-state index in [1.807, 2.05) is 11.3 Å². The van der Waals surface area contributed by atoms with E-state index in [-0.39, 0.29) is 0 Å². The molecule has 3 heteroatoms. The highest BCUT2D eigenvalue weighted by Gasteiger charge is 2.06. The zero-order valence-electron chi connectivity index (χ0n) is 10.4. The third-order valence-corrected chi connectivity index (χ3v) is 3.54. The SMILES string of the molecule is CCCNC(CCCc1cccs1)COC. The van der Waals surface area contributed by atoms with E-state index < -0.39 is 0 Å². The van der Waals surface area contributed by atoms with E-state index >= 15 is 0 Å². The highest BCUT2D eigenvalue weighted by Crippen LogP contribution is 2.12. The fraction of sp³-hybridized carbons (Fsp3) is 0.692. The topological polar surface area (TPSA) is 21.3 Å². The first-order valence-corrected chi connectivity index (χ1v) is 6.99. The van der Waals surface area contributed by atoms with Crippen molar-refractivity contribution in [2.75, 3.05) is 20.3 Å². The van der Waals surface area contributed by atoms with Gasteiger partial charge in [-0.2, -0.15) is 0 Å². The Kier molecular flexibility index (Phi) is 7.47. The second-order valence-corrected chi connectivity index (χ2v) is 5.11. The predicted molar refractivity (Wildman–Crippen MR) is 71.2 cm³/mol. The van der Waals surface area contributed by atoms with Crippen molar-refractivity contribution in [3.63, 3.8) is 0 Å². The number of rotatable bonds is 9. The number of thiophene rings is 1. The molecule has 1 rings (SSSR count). The van der Waals surface area contributed by atoms with Gasteiger partial charge in [0.25, 0.3) is 0 Å². The number of ether oxygens (including phenoxy) is 1. The molecular formula is C13H23NOS. The molecule has 1 N–H and O–H groups in total. The third-order valence-electron chi connectivity index (χ3n) is 2.61. The van der Waals surface area contributed by atoms with E-state index in [1.165, 1.54) is 30.6 Å². The maximum absolute atomic E-state index is 5.23. The van der Waals surface area contributed by atoms with Gasteiger partial charge in [0.2, 0.25) is 0 Å². The predicted octanol–water partition coefficient (Wildman–Crippen LogP) is 3.09. The van der Waals surface area contributed by atoms with Crippen molar-refractivity contribution in [2.45, 2.75) is 38.6 Å². The van der Waals surface area contributed by atoms with Gasteiger partial charge in [0, 0.05) is 18.0 Å². The number of methoxy groups -OCH3 is 1. The van der Waals surface area contributed by atoms with Crippen LogP contribution >= 0.6 is 11.3 Å². The minimum atomic E-state index is 0.518. The Hall–Kier alpha value is -0.380. The molecule has 0 saturated heterocycles. The maximum atomic E-state index is 5.23. The van der Waals surface area contributed by atoms with Gasteiger partial charge in [-0.05, 0) is 43.7 Å². The van der Waals surface area contributed by atoms with Gasteiger partial charge in [0.1, 0.15) is 0 Å². The summed E-state index contributed by atoms with van der Waals surface area (Å²) in [6.45, 7) is 4.11. The summed E-state index contributed by atoms with van der Waals surface area (Å²) >= 11 is 1.85. The first-order valence-electron chi connectivity index (χ1n) is 6.11. The molecule has 1 aromatic rings. The van der Waals surface area contributed by atoms with Crippen LogP contribution in [0.4, 0.5) is 0 Å². The van der Waals surface area contributed by atoms with E-state index in [4.69, 9.17) is 4.74 Å².